The van der Waals surface area contributed by atoms with Crippen molar-refractivity contribution in [1.82, 2.24) is 0 Å². The predicted octanol–water partition coefficient (Wildman–Crippen LogP) is 3.09. The summed E-state index contributed by atoms with van der Waals surface area (Å²) in [6, 6.07) is 9.76. The number of anilines is 1. The van der Waals surface area contributed by atoms with E-state index in [-0.39, 0.29) is 11.8 Å². The molecule has 2 heteroatoms. The highest BCUT2D eigenvalue weighted by Crippen LogP contribution is 2.16. The van der Waals surface area contributed by atoms with Crippen LogP contribution in [-0.4, -0.2) is 13.0 Å². The van der Waals surface area contributed by atoms with Gasteiger partial charge in [-0.2, -0.15) is 0 Å². The first kappa shape index (κ1) is 11.8. The van der Waals surface area contributed by atoms with Crippen LogP contribution in [0.15, 0.2) is 30.3 Å². The first-order valence-corrected chi connectivity index (χ1v) is 5.49. The molecule has 1 aromatic carbocycles. The molecule has 0 N–H and O–H groups in total. The Balaban J connectivity index is 2.69. The van der Waals surface area contributed by atoms with Crippen LogP contribution in [0.4, 0.5) is 5.69 Å². The van der Waals surface area contributed by atoms with Crippen molar-refractivity contribution in [3.05, 3.63) is 30.3 Å². The highest BCUT2D eigenvalue weighted by Gasteiger charge is 2.17. The van der Waals surface area contributed by atoms with Crippen molar-refractivity contribution in [3.8, 4) is 0 Å². The van der Waals surface area contributed by atoms with Crippen LogP contribution in [0, 0.1) is 5.92 Å². The first-order valence-electron chi connectivity index (χ1n) is 5.49. The van der Waals surface area contributed by atoms with Gasteiger partial charge in [-0.3, -0.25) is 4.79 Å². The zero-order valence-electron chi connectivity index (χ0n) is 9.73. The fourth-order valence-corrected chi connectivity index (χ4v) is 1.67. The molecule has 0 aromatic heterocycles. The van der Waals surface area contributed by atoms with E-state index in [1.165, 1.54) is 0 Å². The third-order valence-electron chi connectivity index (χ3n) is 2.62. The standard InChI is InChI=1S/C13H19NO/c1-4-8-11(2)13(15)14(3)12-9-6-5-7-10-12/h5-7,9-11H,4,8H2,1-3H3/t11-/m0/s1. The molecule has 0 unspecified atom stereocenters. The van der Waals surface area contributed by atoms with Gasteiger partial charge in [0, 0.05) is 18.7 Å². The summed E-state index contributed by atoms with van der Waals surface area (Å²) in [5, 5.41) is 0. The summed E-state index contributed by atoms with van der Waals surface area (Å²) in [7, 11) is 1.84. The van der Waals surface area contributed by atoms with Crippen molar-refractivity contribution < 1.29 is 4.79 Å². The molecule has 0 saturated heterocycles. The lowest BCUT2D eigenvalue weighted by atomic mass is 10.0. The molecular weight excluding hydrogens is 186 g/mol. The van der Waals surface area contributed by atoms with E-state index in [1.54, 1.807) is 4.90 Å². The molecule has 82 valence electrons. The molecule has 1 rings (SSSR count). The van der Waals surface area contributed by atoms with Crippen LogP contribution in [0.25, 0.3) is 0 Å². The van der Waals surface area contributed by atoms with Crippen molar-refractivity contribution in [2.75, 3.05) is 11.9 Å². The van der Waals surface area contributed by atoms with Crippen LogP contribution in [0.3, 0.4) is 0 Å². The van der Waals surface area contributed by atoms with Gasteiger partial charge in [-0.15, -0.1) is 0 Å². The number of carbonyl (C=O) groups excluding carboxylic acids is 1. The fraction of sp³-hybridized carbons (Fsp3) is 0.462. The lowest BCUT2D eigenvalue weighted by molar-refractivity contribution is -0.121. The minimum absolute atomic E-state index is 0.111. The Morgan fingerprint density at radius 3 is 2.47 bits per heavy atom. The number of para-hydroxylation sites is 1. The number of nitrogens with zero attached hydrogens (tertiary/aromatic N) is 1. The molecule has 1 atom stereocenters. The normalized spacial score (nSPS) is 12.2. The highest BCUT2D eigenvalue weighted by atomic mass is 16.2. The molecule has 0 fully saturated rings. The summed E-state index contributed by atoms with van der Waals surface area (Å²) in [5.41, 5.74) is 0.963. The van der Waals surface area contributed by atoms with E-state index in [2.05, 4.69) is 6.92 Å². The van der Waals surface area contributed by atoms with Gasteiger partial charge < -0.3 is 4.90 Å². The van der Waals surface area contributed by atoms with E-state index < -0.39 is 0 Å². The largest absolute Gasteiger partial charge is 0.315 e. The average molecular weight is 205 g/mol. The van der Waals surface area contributed by atoms with Crippen LogP contribution in [-0.2, 0) is 4.79 Å². The molecule has 0 bridgehead atoms. The molecule has 0 heterocycles. The van der Waals surface area contributed by atoms with Crippen molar-refractivity contribution >= 4 is 11.6 Å². The van der Waals surface area contributed by atoms with Crippen LogP contribution in [0.2, 0.25) is 0 Å². The van der Waals surface area contributed by atoms with Crippen LogP contribution in [0.5, 0.6) is 0 Å². The average Bonchev–Trinajstić information content (AvgIpc) is 2.28. The molecule has 0 aliphatic rings. The molecule has 1 aromatic rings. The van der Waals surface area contributed by atoms with Crippen molar-refractivity contribution in [3.63, 3.8) is 0 Å². The van der Waals surface area contributed by atoms with Crippen LogP contribution in [0.1, 0.15) is 26.7 Å². The molecule has 0 aliphatic heterocycles. The second kappa shape index (κ2) is 5.54. The van der Waals surface area contributed by atoms with Crippen molar-refractivity contribution in [2.45, 2.75) is 26.7 Å². The number of hydrogen-bond acceptors (Lipinski definition) is 1. The summed E-state index contributed by atoms with van der Waals surface area (Å²) in [6.45, 7) is 4.09. The molecule has 15 heavy (non-hydrogen) atoms. The summed E-state index contributed by atoms with van der Waals surface area (Å²) in [6.07, 6.45) is 2.01. The molecule has 0 spiro atoms. The summed E-state index contributed by atoms with van der Waals surface area (Å²) in [5.74, 6) is 0.309. The number of amides is 1. The highest BCUT2D eigenvalue weighted by molar-refractivity contribution is 5.94. The molecule has 1 amide bonds. The fourth-order valence-electron chi connectivity index (χ4n) is 1.67. The van der Waals surface area contributed by atoms with Crippen molar-refractivity contribution in [1.29, 1.82) is 0 Å². The quantitative estimate of drug-likeness (QED) is 0.739. The van der Waals surface area contributed by atoms with Gasteiger partial charge >= 0.3 is 0 Å². The van der Waals surface area contributed by atoms with E-state index in [4.69, 9.17) is 0 Å². The van der Waals surface area contributed by atoms with Gasteiger partial charge in [0.15, 0.2) is 0 Å². The van der Waals surface area contributed by atoms with E-state index in [0.29, 0.717) is 0 Å². The maximum absolute atomic E-state index is 12.0. The predicted molar refractivity (Wildman–Crippen MR) is 63.9 cm³/mol. The lowest BCUT2D eigenvalue weighted by Gasteiger charge is -2.21. The lowest BCUT2D eigenvalue weighted by Crippen LogP contribution is -2.31. The second-order valence-corrected chi connectivity index (χ2v) is 3.92. The summed E-state index contributed by atoms with van der Waals surface area (Å²) in [4.78, 5) is 13.7. The monoisotopic (exact) mass is 205 g/mol. The van der Waals surface area contributed by atoms with E-state index >= 15 is 0 Å². The van der Waals surface area contributed by atoms with Crippen molar-refractivity contribution in [2.24, 2.45) is 5.92 Å². The minimum atomic E-state index is 0.111. The topological polar surface area (TPSA) is 20.3 Å². The van der Waals surface area contributed by atoms with E-state index in [0.717, 1.165) is 18.5 Å². The number of carbonyl (C=O) groups is 1. The Morgan fingerprint density at radius 1 is 1.33 bits per heavy atom. The Morgan fingerprint density at radius 2 is 1.93 bits per heavy atom. The molecule has 0 aliphatic carbocycles. The van der Waals surface area contributed by atoms with E-state index in [9.17, 15) is 4.79 Å². The van der Waals surface area contributed by atoms with Crippen LogP contribution >= 0.6 is 0 Å². The van der Waals surface area contributed by atoms with Gasteiger partial charge in [0.1, 0.15) is 0 Å². The number of hydrogen-bond donors (Lipinski definition) is 0. The maximum Gasteiger partial charge on any atom is 0.229 e. The van der Waals surface area contributed by atoms with Gasteiger partial charge in [-0.25, -0.2) is 0 Å². The van der Waals surface area contributed by atoms with Gasteiger partial charge in [-0.05, 0) is 18.6 Å². The van der Waals surface area contributed by atoms with E-state index in [1.807, 2.05) is 44.3 Å². The van der Waals surface area contributed by atoms with Gasteiger partial charge in [0.25, 0.3) is 0 Å². The molecule has 0 radical (unpaired) electrons. The van der Waals surface area contributed by atoms with Crippen LogP contribution < -0.4 is 4.90 Å². The van der Waals surface area contributed by atoms with Gasteiger partial charge in [0.2, 0.25) is 5.91 Å². The Labute approximate surface area is 91.9 Å². The first-order chi connectivity index (χ1) is 7.16. The number of benzene rings is 1. The van der Waals surface area contributed by atoms with Gasteiger partial charge in [-0.1, -0.05) is 38.5 Å². The minimum Gasteiger partial charge on any atom is -0.315 e. The third kappa shape index (κ3) is 3.08. The number of rotatable bonds is 4. The zero-order valence-corrected chi connectivity index (χ0v) is 9.73. The third-order valence-corrected chi connectivity index (χ3v) is 2.62. The Hall–Kier alpha value is -1.31. The smallest absolute Gasteiger partial charge is 0.229 e. The SMILES string of the molecule is CCC[C@H](C)C(=O)N(C)c1ccccc1. The molecular formula is C13H19NO. The summed E-state index contributed by atoms with van der Waals surface area (Å²) >= 11 is 0. The zero-order chi connectivity index (χ0) is 11.3. The summed E-state index contributed by atoms with van der Waals surface area (Å²) < 4.78 is 0. The second-order valence-electron chi connectivity index (χ2n) is 3.92. The Kier molecular flexibility index (Phi) is 4.35. The molecule has 2 nitrogen and oxygen atoms in total. The Bertz CT molecular complexity index is 308. The maximum atomic E-state index is 12.0. The molecule has 0 saturated carbocycles. The van der Waals surface area contributed by atoms with Gasteiger partial charge in [0.05, 0.1) is 0 Å².